The molecular formula is C11H17NO2. The van der Waals surface area contributed by atoms with Crippen molar-refractivity contribution in [1.82, 2.24) is 5.32 Å². The highest BCUT2D eigenvalue weighted by atomic mass is 16.3. The van der Waals surface area contributed by atoms with Crippen LogP contribution in [0.25, 0.3) is 0 Å². The Morgan fingerprint density at radius 1 is 1.29 bits per heavy atom. The number of hydrogen-bond acceptors (Lipinski definition) is 3. The number of nitrogens with one attached hydrogen (secondary N) is 1. The first-order valence-corrected chi connectivity index (χ1v) is 4.68. The molecule has 1 aromatic rings. The van der Waals surface area contributed by atoms with Crippen LogP contribution in [0.3, 0.4) is 0 Å². The van der Waals surface area contributed by atoms with Crippen molar-refractivity contribution in [2.24, 2.45) is 0 Å². The second kappa shape index (κ2) is 4.44. The van der Waals surface area contributed by atoms with Gasteiger partial charge >= 0.3 is 0 Å². The van der Waals surface area contributed by atoms with E-state index in [1.807, 2.05) is 26.0 Å². The first-order chi connectivity index (χ1) is 6.55. The molecule has 3 heteroatoms. The molecule has 0 aliphatic heterocycles. The van der Waals surface area contributed by atoms with Gasteiger partial charge in [0, 0.05) is 17.6 Å². The van der Waals surface area contributed by atoms with E-state index in [9.17, 15) is 5.11 Å². The lowest BCUT2D eigenvalue weighted by Gasteiger charge is -2.23. The Bertz CT molecular complexity index is 297. The lowest BCUT2D eigenvalue weighted by Crippen LogP contribution is -2.42. The predicted molar refractivity (Wildman–Crippen MR) is 56.1 cm³/mol. The van der Waals surface area contributed by atoms with Gasteiger partial charge in [-0.15, -0.1) is 0 Å². The maximum absolute atomic E-state index is 9.48. The summed E-state index contributed by atoms with van der Waals surface area (Å²) in [6, 6.07) is 7.18. The third-order valence-electron chi connectivity index (χ3n) is 2.14. The molecule has 0 aliphatic rings. The molecule has 0 radical (unpaired) electrons. The number of rotatable bonds is 4. The van der Waals surface area contributed by atoms with Gasteiger partial charge in [0.05, 0.1) is 6.61 Å². The molecule has 0 amide bonds. The number of phenols is 1. The van der Waals surface area contributed by atoms with Crippen molar-refractivity contribution in [3.8, 4) is 5.75 Å². The number of aliphatic hydroxyl groups excluding tert-OH is 1. The average Bonchev–Trinajstić information content (AvgIpc) is 2.17. The van der Waals surface area contributed by atoms with Crippen LogP contribution in [-0.4, -0.2) is 22.4 Å². The van der Waals surface area contributed by atoms with Crippen LogP contribution in [0, 0.1) is 0 Å². The van der Waals surface area contributed by atoms with E-state index >= 15 is 0 Å². The maximum Gasteiger partial charge on any atom is 0.120 e. The minimum absolute atomic E-state index is 0.0700. The topological polar surface area (TPSA) is 52.5 Å². The van der Waals surface area contributed by atoms with Crippen LogP contribution in [-0.2, 0) is 6.54 Å². The molecule has 0 heterocycles. The number of aromatic hydroxyl groups is 1. The summed E-state index contributed by atoms with van der Waals surface area (Å²) in [5, 5.41) is 21.6. The predicted octanol–water partition coefficient (Wildman–Crippen LogP) is 1.25. The zero-order valence-corrected chi connectivity index (χ0v) is 8.62. The summed E-state index contributed by atoms with van der Waals surface area (Å²) in [5.41, 5.74) is 0.525. The highest BCUT2D eigenvalue weighted by Crippen LogP contribution is 2.16. The van der Waals surface area contributed by atoms with Crippen molar-refractivity contribution < 1.29 is 10.2 Å². The van der Waals surface area contributed by atoms with E-state index in [1.165, 1.54) is 0 Å². The van der Waals surface area contributed by atoms with Crippen molar-refractivity contribution in [3.05, 3.63) is 29.8 Å². The number of hydrogen-bond donors (Lipinski definition) is 3. The smallest absolute Gasteiger partial charge is 0.120 e. The number of para-hydroxylation sites is 1. The molecule has 0 atom stereocenters. The largest absolute Gasteiger partial charge is 0.508 e. The molecular weight excluding hydrogens is 178 g/mol. The first kappa shape index (κ1) is 11.0. The second-order valence-corrected chi connectivity index (χ2v) is 4.02. The third-order valence-corrected chi connectivity index (χ3v) is 2.14. The molecule has 0 saturated heterocycles. The fourth-order valence-corrected chi connectivity index (χ4v) is 1.05. The van der Waals surface area contributed by atoms with Crippen molar-refractivity contribution in [2.75, 3.05) is 6.61 Å². The Morgan fingerprint density at radius 2 is 1.93 bits per heavy atom. The monoisotopic (exact) mass is 195 g/mol. The Kier molecular flexibility index (Phi) is 3.49. The fourth-order valence-electron chi connectivity index (χ4n) is 1.05. The fraction of sp³-hybridized carbons (Fsp3) is 0.455. The summed E-state index contributed by atoms with van der Waals surface area (Å²) in [7, 11) is 0. The van der Waals surface area contributed by atoms with Crippen LogP contribution in [0.1, 0.15) is 19.4 Å². The molecule has 0 aromatic heterocycles. The molecule has 0 aliphatic carbocycles. The van der Waals surface area contributed by atoms with E-state index in [2.05, 4.69) is 5.32 Å². The molecule has 1 aromatic carbocycles. The SMILES string of the molecule is CC(C)(CO)NCc1ccccc1O. The Hall–Kier alpha value is -1.06. The highest BCUT2D eigenvalue weighted by Gasteiger charge is 2.15. The lowest BCUT2D eigenvalue weighted by atomic mass is 10.1. The van der Waals surface area contributed by atoms with E-state index in [4.69, 9.17) is 5.11 Å². The molecule has 1 rings (SSSR count). The van der Waals surface area contributed by atoms with Crippen LogP contribution >= 0.6 is 0 Å². The molecule has 0 fully saturated rings. The molecule has 3 N–H and O–H groups in total. The summed E-state index contributed by atoms with van der Waals surface area (Å²) in [4.78, 5) is 0. The minimum atomic E-state index is -0.317. The normalized spacial score (nSPS) is 11.6. The third kappa shape index (κ3) is 3.01. The van der Waals surface area contributed by atoms with Gasteiger partial charge < -0.3 is 15.5 Å². The first-order valence-electron chi connectivity index (χ1n) is 4.68. The van der Waals surface area contributed by atoms with Gasteiger partial charge in [0.15, 0.2) is 0 Å². The Morgan fingerprint density at radius 3 is 2.50 bits per heavy atom. The molecule has 0 unspecified atom stereocenters. The quantitative estimate of drug-likeness (QED) is 0.677. The standard InChI is InChI=1S/C11H17NO2/c1-11(2,8-13)12-7-9-5-3-4-6-10(9)14/h3-6,12-14H,7-8H2,1-2H3. The molecule has 78 valence electrons. The van der Waals surface area contributed by atoms with Crippen LogP contribution in [0.5, 0.6) is 5.75 Å². The van der Waals surface area contributed by atoms with Crippen LogP contribution < -0.4 is 5.32 Å². The molecule has 0 saturated carbocycles. The molecule has 0 bridgehead atoms. The van der Waals surface area contributed by atoms with Gasteiger partial charge in [-0.3, -0.25) is 0 Å². The van der Waals surface area contributed by atoms with Gasteiger partial charge in [-0.2, -0.15) is 0 Å². The van der Waals surface area contributed by atoms with Crippen molar-refractivity contribution in [1.29, 1.82) is 0 Å². The molecule has 3 nitrogen and oxygen atoms in total. The number of phenolic OH excluding ortho intramolecular Hbond substituents is 1. The van der Waals surface area contributed by atoms with Crippen LogP contribution in [0.4, 0.5) is 0 Å². The summed E-state index contributed by atoms with van der Waals surface area (Å²) in [6.07, 6.45) is 0. The second-order valence-electron chi connectivity index (χ2n) is 4.02. The summed E-state index contributed by atoms with van der Waals surface area (Å²) >= 11 is 0. The molecule has 14 heavy (non-hydrogen) atoms. The van der Waals surface area contributed by atoms with E-state index in [1.54, 1.807) is 12.1 Å². The maximum atomic E-state index is 9.48. The highest BCUT2D eigenvalue weighted by molar-refractivity contribution is 5.31. The van der Waals surface area contributed by atoms with Gasteiger partial charge in [-0.25, -0.2) is 0 Å². The number of aliphatic hydroxyl groups is 1. The van der Waals surface area contributed by atoms with E-state index < -0.39 is 0 Å². The van der Waals surface area contributed by atoms with Gasteiger partial charge in [-0.05, 0) is 19.9 Å². The van der Waals surface area contributed by atoms with Crippen molar-refractivity contribution >= 4 is 0 Å². The minimum Gasteiger partial charge on any atom is -0.508 e. The zero-order valence-electron chi connectivity index (χ0n) is 8.62. The van der Waals surface area contributed by atoms with Crippen molar-refractivity contribution in [3.63, 3.8) is 0 Å². The lowest BCUT2D eigenvalue weighted by molar-refractivity contribution is 0.187. The van der Waals surface area contributed by atoms with Gasteiger partial charge in [-0.1, -0.05) is 18.2 Å². The van der Waals surface area contributed by atoms with Gasteiger partial charge in [0.25, 0.3) is 0 Å². The van der Waals surface area contributed by atoms with Gasteiger partial charge in [0.1, 0.15) is 5.75 Å². The Balaban J connectivity index is 2.58. The summed E-state index contributed by atoms with van der Waals surface area (Å²) < 4.78 is 0. The molecule has 0 spiro atoms. The van der Waals surface area contributed by atoms with Gasteiger partial charge in [0.2, 0.25) is 0 Å². The zero-order chi connectivity index (χ0) is 10.6. The van der Waals surface area contributed by atoms with E-state index in [-0.39, 0.29) is 17.9 Å². The average molecular weight is 195 g/mol. The van der Waals surface area contributed by atoms with E-state index in [0.717, 1.165) is 5.56 Å². The van der Waals surface area contributed by atoms with Crippen molar-refractivity contribution in [2.45, 2.75) is 25.9 Å². The number of benzene rings is 1. The van der Waals surface area contributed by atoms with E-state index in [0.29, 0.717) is 6.54 Å². The summed E-state index contributed by atoms with van der Waals surface area (Å²) in [6.45, 7) is 4.45. The van der Waals surface area contributed by atoms with Crippen LogP contribution in [0.2, 0.25) is 0 Å². The van der Waals surface area contributed by atoms with Crippen LogP contribution in [0.15, 0.2) is 24.3 Å². The summed E-state index contributed by atoms with van der Waals surface area (Å²) in [5.74, 6) is 0.286. The Labute approximate surface area is 84.4 Å².